The summed E-state index contributed by atoms with van der Waals surface area (Å²) in [6, 6.07) is 0. The summed E-state index contributed by atoms with van der Waals surface area (Å²) in [5, 5.41) is 0. The number of unbranched alkanes of at least 4 members (excludes halogenated alkanes) is 13. The molecule has 0 heterocycles. The van der Waals surface area contributed by atoms with E-state index in [1.165, 1.54) is 84.2 Å². The fourth-order valence-electron chi connectivity index (χ4n) is 3.07. The van der Waals surface area contributed by atoms with Gasteiger partial charge in [0.15, 0.2) is 0 Å². The summed E-state index contributed by atoms with van der Waals surface area (Å²) in [4.78, 5) is 0. The molecule has 148 valence electrons. The van der Waals surface area contributed by atoms with E-state index >= 15 is 0 Å². The fourth-order valence-corrected chi connectivity index (χ4v) is 3.84. The van der Waals surface area contributed by atoms with Gasteiger partial charge in [-0.05, 0) is 6.42 Å². The van der Waals surface area contributed by atoms with Crippen LogP contribution in [0.3, 0.4) is 0 Å². The molecule has 0 aromatic rings. The van der Waals surface area contributed by atoms with Crippen molar-refractivity contribution in [2.45, 2.75) is 109 Å². The first-order valence-electron chi connectivity index (χ1n) is 9.97. The maximum absolute atomic E-state index is 10.8. The van der Waals surface area contributed by atoms with Crippen LogP contribution in [0, 0.1) is 0 Å². The first kappa shape index (κ1) is 28.1. The van der Waals surface area contributed by atoms with Crippen LogP contribution in [-0.2, 0) is 14.9 Å². The minimum atomic E-state index is -3.93. The Bertz CT molecular complexity index is 367. The Hall–Kier alpha value is 0.870. The Labute approximate surface area is 180 Å². The summed E-state index contributed by atoms with van der Waals surface area (Å²) in [6.07, 6.45) is 18.6. The average molecular weight is 389 g/mol. The normalized spacial score (nSPS) is 12.8. The Morgan fingerprint density at radius 2 is 1.16 bits per heavy atom. The van der Waals surface area contributed by atoms with Crippen molar-refractivity contribution < 1.29 is 48.7 Å². The van der Waals surface area contributed by atoms with E-state index in [2.05, 4.69) is 6.92 Å². The summed E-state index contributed by atoms with van der Waals surface area (Å²) in [6.45, 7) is 2.26. The van der Waals surface area contributed by atoms with Crippen LogP contribution in [-0.4, -0.2) is 31.9 Å². The van der Waals surface area contributed by atoms with Crippen LogP contribution in [0.4, 0.5) is 0 Å². The number of rotatable bonds is 18. The van der Waals surface area contributed by atoms with Crippen LogP contribution in [0.25, 0.3) is 0 Å². The van der Waals surface area contributed by atoms with E-state index < -0.39 is 10.1 Å². The zero-order chi connectivity index (χ0) is 18.1. The van der Waals surface area contributed by atoms with Gasteiger partial charge in [-0.15, -0.1) is 0 Å². The number of ether oxygens (including phenoxy) is 1. The topological polar surface area (TPSA) is 63.6 Å². The van der Waals surface area contributed by atoms with Gasteiger partial charge >= 0.3 is 29.6 Å². The molecule has 25 heavy (non-hydrogen) atoms. The van der Waals surface area contributed by atoms with Gasteiger partial charge in [0.1, 0.15) is 5.75 Å². The molecule has 4 nitrogen and oxygen atoms in total. The monoisotopic (exact) mass is 388 g/mol. The largest absolute Gasteiger partial charge is 1.00 e. The molecule has 0 aliphatic rings. The summed E-state index contributed by atoms with van der Waals surface area (Å²) in [5.41, 5.74) is 0. The maximum Gasteiger partial charge on any atom is 1.00 e. The van der Waals surface area contributed by atoms with Crippen LogP contribution in [0.15, 0.2) is 0 Å². The van der Waals surface area contributed by atoms with Crippen molar-refractivity contribution in [3.05, 3.63) is 0 Å². The molecule has 1 atom stereocenters. The molecule has 0 aliphatic heterocycles. The van der Waals surface area contributed by atoms with E-state index in [1.807, 2.05) is 0 Å². The van der Waals surface area contributed by atoms with Gasteiger partial charge in [-0.25, -0.2) is 0 Å². The van der Waals surface area contributed by atoms with Crippen LogP contribution >= 0.6 is 0 Å². The summed E-state index contributed by atoms with van der Waals surface area (Å²) in [7, 11) is -2.43. The van der Waals surface area contributed by atoms with E-state index in [4.69, 9.17) is 9.29 Å². The summed E-state index contributed by atoms with van der Waals surface area (Å²) >= 11 is 0. The van der Waals surface area contributed by atoms with Crippen molar-refractivity contribution in [1.82, 2.24) is 0 Å². The van der Waals surface area contributed by atoms with Gasteiger partial charge in [0.25, 0.3) is 10.1 Å². The second-order valence-electron chi connectivity index (χ2n) is 6.99. The predicted octanol–water partition coefficient (Wildman–Crippen LogP) is 2.88. The quantitative estimate of drug-likeness (QED) is 0.223. The summed E-state index contributed by atoms with van der Waals surface area (Å²) in [5.74, 6) is -0.290. The second kappa shape index (κ2) is 19.6. The molecule has 1 unspecified atom stereocenters. The third-order valence-electron chi connectivity index (χ3n) is 4.61. The van der Waals surface area contributed by atoms with Gasteiger partial charge in [-0.3, -0.25) is 4.55 Å². The van der Waals surface area contributed by atoms with Gasteiger partial charge in [0, 0.05) is 7.11 Å². The van der Waals surface area contributed by atoms with Gasteiger partial charge in [0.05, 0.1) is 6.10 Å². The molecule has 0 saturated heterocycles. The van der Waals surface area contributed by atoms with E-state index in [0.717, 1.165) is 12.8 Å². The molecular formula is C19H41NaO4S. The van der Waals surface area contributed by atoms with E-state index in [9.17, 15) is 8.42 Å². The number of methoxy groups -OCH3 is 1. The number of hydrogen-bond donors (Lipinski definition) is 1. The zero-order valence-corrected chi connectivity index (χ0v) is 19.8. The fraction of sp³-hybridized carbons (Fsp3) is 1.00. The SMILES string of the molecule is CCCCCCCCCCCCCCCCC(CS(=O)(=O)O)OC.[H-].[Na+]. The van der Waals surface area contributed by atoms with Crippen molar-refractivity contribution >= 4 is 10.1 Å². The molecule has 0 aromatic carbocycles. The van der Waals surface area contributed by atoms with Crippen LogP contribution in [0.5, 0.6) is 0 Å². The molecule has 0 aromatic heterocycles. The number of hydrogen-bond acceptors (Lipinski definition) is 3. The Morgan fingerprint density at radius 3 is 1.48 bits per heavy atom. The van der Waals surface area contributed by atoms with E-state index in [1.54, 1.807) is 0 Å². The van der Waals surface area contributed by atoms with Gasteiger partial charge in [-0.2, -0.15) is 8.42 Å². The predicted molar refractivity (Wildman–Crippen MR) is 103 cm³/mol. The van der Waals surface area contributed by atoms with Crippen molar-refractivity contribution in [3.8, 4) is 0 Å². The van der Waals surface area contributed by atoms with E-state index in [0.29, 0.717) is 6.42 Å². The minimum Gasteiger partial charge on any atom is -1.00 e. The smallest absolute Gasteiger partial charge is 1.00 e. The first-order valence-corrected chi connectivity index (χ1v) is 11.6. The molecule has 0 saturated carbocycles. The summed E-state index contributed by atoms with van der Waals surface area (Å²) < 4.78 is 35.6. The molecule has 6 heteroatoms. The molecule has 0 aliphatic carbocycles. The standard InChI is InChI=1S/C19H40O4S.Na.H/c1-3-4-5-6-7-8-9-10-11-12-13-14-15-16-17-19(23-2)18-24(20,21)22;;/h19H,3-18H2,1-2H3,(H,20,21,22);;/q;+1;-1. The maximum atomic E-state index is 10.8. The van der Waals surface area contributed by atoms with Crippen molar-refractivity contribution in [3.63, 3.8) is 0 Å². The zero-order valence-electron chi connectivity index (χ0n) is 18.0. The Morgan fingerprint density at radius 1 is 0.800 bits per heavy atom. The van der Waals surface area contributed by atoms with Gasteiger partial charge < -0.3 is 6.16 Å². The van der Waals surface area contributed by atoms with Crippen LogP contribution in [0.2, 0.25) is 0 Å². The van der Waals surface area contributed by atoms with Gasteiger partial charge in [-0.1, -0.05) is 96.8 Å². The molecule has 1 N–H and O–H groups in total. The van der Waals surface area contributed by atoms with Crippen molar-refractivity contribution in [2.75, 3.05) is 12.9 Å². The first-order chi connectivity index (χ1) is 11.5. The molecule has 0 spiro atoms. The van der Waals surface area contributed by atoms with E-state index in [-0.39, 0.29) is 42.8 Å². The van der Waals surface area contributed by atoms with Crippen LogP contribution in [0.1, 0.15) is 105 Å². The van der Waals surface area contributed by atoms with Gasteiger partial charge in [0.2, 0.25) is 0 Å². The molecule has 0 rings (SSSR count). The molecule has 0 radical (unpaired) electrons. The van der Waals surface area contributed by atoms with Crippen molar-refractivity contribution in [1.29, 1.82) is 0 Å². The molecule has 0 fully saturated rings. The second-order valence-corrected chi connectivity index (χ2v) is 8.49. The average Bonchev–Trinajstić information content (AvgIpc) is 2.53. The third-order valence-corrected chi connectivity index (χ3v) is 5.40. The van der Waals surface area contributed by atoms with Crippen molar-refractivity contribution in [2.24, 2.45) is 0 Å². The Balaban J connectivity index is -0.00000264. The Kier molecular flexibility index (Phi) is 22.0. The third kappa shape index (κ3) is 22.8. The minimum absolute atomic E-state index is 0. The molecular weight excluding hydrogens is 347 g/mol. The molecule has 0 amide bonds. The van der Waals surface area contributed by atoms with Crippen LogP contribution < -0.4 is 29.6 Å². The molecule has 0 bridgehead atoms.